The molecule has 0 fully saturated rings. The van der Waals surface area contributed by atoms with E-state index < -0.39 is 0 Å². The van der Waals surface area contributed by atoms with E-state index in [0.29, 0.717) is 5.56 Å². The molecular weight excluding hydrogens is 321 g/mol. The Balaban J connectivity index is 2.04. The van der Waals surface area contributed by atoms with E-state index in [9.17, 15) is 4.39 Å². The summed E-state index contributed by atoms with van der Waals surface area (Å²) in [5, 5.41) is 2.37. The van der Waals surface area contributed by atoms with E-state index in [1.165, 1.54) is 16.3 Å². The van der Waals surface area contributed by atoms with Crippen LogP contribution in [0, 0.1) is 19.7 Å². The van der Waals surface area contributed by atoms with Gasteiger partial charge in [0.05, 0.1) is 10.9 Å². The molecule has 1 heterocycles. The molecule has 0 spiro atoms. The molecule has 0 radical (unpaired) electrons. The first-order chi connectivity index (χ1) is 12.5. The molecule has 0 unspecified atom stereocenters. The maximum absolute atomic E-state index is 14.7. The predicted molar refractivity (Wildman–Crippen MR) is 105 cm³/mol. The zero-order chi connectivity index (χ0) is 18.3. The largest absolute Gasteiger partial charge is 0.220 e. The SMILES string of the molecule is Cc1ccc2cc[n+](C)c(-c3cc(-c4ccccc4)c(F)cc3C)c2c1. The molecule has 1 nitrogen and oxygen atoms in total. The zero-order valence-corrected chi connectivity index (χ0v) is 15.3. The Morgan fingerprint density at radius 2 is 1.58 bits per heavy atom. The third-order valence-electron chi connectivity index (χ3n) is 4.95. The molecule has 0 N–H and O–H groups in total. The van der Waals surface area contributed by atoms with Crippen LogP contribution in [0.2, 0.25) is 0 Å². The van der Waals surface area contributed by atoms with Gasteiger partial charge in [0.1, 0.15) is 12.9 Å². The van der Waals surface area contributed by atoms with Crippen LogP contribution in [0.25, 0.3) is 33.2 Å². The van der Waals surface area contributed by atoms with E-state index in [2.05, 4.69) is 42.0 Å². The molecule has 0 bridgehead atoms. The predicted octanol–water partition coefficient (Wildman–Crippen LogP) is 5.75. The van der Waals surface area contributed by atoms with Gasteiger partial charge in [-0.25, -0.2) is 8.96 Å². The van der Waals surface area contributed by atoms with Crippen LogP contribution in [0.3, 0.4) is 0 Å². The van der Waals surface area contributed by atoms with Crippen LogP contribution >= 0.6 is 0 Å². The minimum atomic E-state index is -0.184. The number of benzene rings is 3. The summed E-state index contributed by atoms with van der Waals surface area (Å²) in [6.45, 7) is 4.07. The van der Waals surface area contributed by atoms with Gasteiger partial charge in [0.2, 0.25) is 5.69 Å². The first-order valence-electron chi connectivity index (χ1n) is 8.79. The van der Waals surface area contributed by atoms with Crippen molar-refractivity contribution in [2.75, 3.05) is 0 Å². The number of pyridine rings is 1. The summed E-state index contributed by atoms with van der Waals surface area (Å²) in [4.78, 5) is 0. The Labute approximate surface area is 153 Å². The zero-order valence-electron chi connectivity index (χ0n) is 15.3. The van der Waals surface area contributed by atoms with Crippen molar-refractivity contribution >= 4 is 10.8 Å². The van der Waals surface area contributed by atoms with E-state index in [0.717, 1.165) is 22.4 Å². The van der Waals surface area contributed by atoms with Gasteiger partial charge in [-0.2, -0.15) is 0 Å². The number of hydrogen-bond acceptors (Lipinski definition) is 0. The van der Waals surface area contributed by atoms with E-state index in [4.69, 9.17) is 0 Å². The molecule has 0 aliphatic rings. The van der Waals surface area contributed by atoms with Crippen LogP contribution in [-0.2, 0) is 7.05 Å². The second-order valence-corrected chi connectivity index (χ2v) is 6.88. The normalized spacial score (nSPS) is 11.1. The maximum Gasteiger partial charge on any atom is 0.220 e. The summed E-state index contributed by atoms with van der Waals surface area (Å²) in [6.07, 6.45) is 2.07. The topological polar surface area (TPSA) is 3.88 Å². The fourth-order valence-electron chi connectivity index (χ4n) is 3.58. The highest BCUT2D eigenvalue weighted by molar-refractivity contribution is 5.94. The van der Waals surface area contributed by atoms with Gasteiger partial charge in [-0.05, 0) is 48.6 Å². The molecule has 128 valence electrons. The van der Waals surface area contributed by atoms with Crippen molar-refractivity contribution in [2.45, 2.75) is 13.8 Å². The molecule has 0 atom stereocenters. The number of rotatable bonds is 2. The van der Waals surface area contributed by atoms with Crippen LogP contribution in [0.5, 0.6) is 0 Å². The summed E-state index contributed by atoms with van der Waals surface area (Å²) in [5.41, 5.74) is 5.85. The maximum atomic E-state index is 14.7. The Kier molecular flexibility index (Phi) is 4.04. The van der Waals surface area contributed by atoms with Crippen LogP contribution in [0.1, 0.15) is 11.1 Å². The van der Waals surface area contributed by atoms with Crippen LogP contribution in [-0.4, -0.2) is 0 Å². The molecule has 0 saturated carbocycles. The monoisotopic (exact) mass is 342 g/mol. The van der Waals surface area contributed by atoms with E-state index in [1.54, 1.807) is 6.07 Å². The highest BCUT2D eigenvalue weighted by Crippen LogP contribution is 2.33. The van der Waals surface area contributed by atoms with Crippen molar-refractivity contribution in [3.8, 4) is 22.4 Å². The smallest absolute Gasteiger partial charge is 0.206 e. The number of halogens is 1. The first-order valence-corrected chi connectivity index (χ1v) is 8.79. The summed E-state index contributed by atoms with van der Waals surface area (Å²) < 4.78 is 16.8. The minimum absolute atomic E-state index is 0.184. The van der Waals surface area contributed by atoms with Crippen molar-refractivity contribution in [3.63, 3.8) is 0 Å². The van der Waals surface area contributed by atoms with E-state index >= 15 is 0 Å². The molecule has 2 heteroatoms. The van der Waals surface area contributed by atoms with Gasteiger partial charge >= 0.3 is 0 Å². The fraction of sp³-hybridized carbons (Fsp3) is 0.125. The van der Waals surface area contributed by atoms with Gasteiger partial charge in [-0.1, -0.05) is 48.0 Å². The standard InChI is InChI=1S/C24H21FN/c1-16-9-10-19-11-12-26(3)24(22(19)13-16)20-15-21(23(25)14-17(20)2)18-7-5-4-6-8-18/h4-15H,1-3H3/q+1. The van der Waals surface area contributed by atoms with Crippen molar-refractivity contribution in [1.29, 1.82) is 0 Å². The third-order valence-corrected chi connectivity index (χ3v) is 4.95. The van der Waals surface area contributed by atoms with Crippen molar-refractivity contribution in [1.82, 2.24) is 0 Å². The molecule has 0 aliphatic carbocycles. The van der Waals surface area contributed by atoms with Gasteiger partial charge in [0.15, 0.2) is 6.20 Å². The van der Waals surface area contributed by atoms with Gasteiger partial charge in [-0.3, -0.25) is 0 Å². The lowest BCUT2D eigenvalue weighted by Crippen LogP contribution is -2.30. The number of fused-ring (bicyclic) bond motifs is 1. The first kappa shape index (κ1) is 16.5. The lowest BCUT2D eigenvalue weighted by Gasteiger charge is -2.12. The second kappa shape index (κ2) is 6.38. The molecule has 26 heavy (non-hydrogen) atoms. The van der Waals surface area contributed by atoms with Gasteiger partial charge < -0.3 is 0 Å². The highest BCUT2D eigenvalue weighted by Gasteiger charge is 2.20. The van der Waals surface area contributed by atoms with Gasteiger partial charge in [0.25, 0.3) is 0 Å². The van der Waals surface area contributed by atoms with Crippen molar-refractivity contribution in [2.24, 2.45) is 7.05 Å². The summed E-state index contributed by atoms with van der Waals surface area (Å²) in [7, 11) is 2.04. The van der Waals surface area contributed by atoms with Crippen LogP contribution in [0.4, 0.5) is 4.39 Å². The van der Waals surface area contributed by atoms with Crippen molar-refractivity contribution < 1.29 is 8.96 Å². The van der Waals surface area contributed by atoms with Crippen molar-refractivity contribution in [3.05, 3.63) is 89.9 Å². The Morgan fingerprint density at radius 3 is 2.35 bits per heavy atom. The Bertz CT molecular complexity index is 1110. The Morgan fingerprint density at radius 1 is 0.808 bits per heavy atom. The highest BCUT2D eigenvalue weighted by atomic mass is 19.1. The Hall–Kier alpha value is -3.00. The number of aromatic nitrogens is 1. The molecule has 4 aromatic rings. The lowest BCUT2D eigenvalue weighted by molar-refractivity contribution is -0.659. The molecular formula is C24H21FN+. The molecule has 1 aromatic heterocycles. The number of nitrogens with zero attached hydrogens (tertiary/aromatic N) is 1. The van der Waals surface area contributed by atoms with Crippen LogP contribution in [0.15, 0.2) is 72.9 Å². The quantitative estimate of drug-likeness (QED) is 0.408. The molecule has 0 saturated heterocycles. The molecule has 4 rings (SSSR count). The van der Waals surface area contributed by atoms with E-state index in [1.807, 2.05) is 50.4 Å². The summed E-state index contributed by atoms with van der Waals surface area (Å²) in [5.74, 6) is -0.184. The average molecular weight is 342 g/mol. The third kappa shape index (κ3) is 2.78. The lowest BCUT2D eigenvalue weighted by atomic mass is 9.94. The van der Waals surface area contributed by atoms with Gasteiger partial charge in [-0.15, -0.1) is 0 Å². The van der Waals surface area contributed by atoms with Crippen LogP contribution < -0.4 is 4.57 Å². The number of hydrogen-bond donors (Lipinski definition) is 0. The fourth-order valence-corrected chi connectivity index (χ4v) is 3.58. The van der Waals surface area contributed by atoms with Gasteiger partial charge in [0, 0.05) is 11.6 Å². The molecule has 0 amide bonds. The number of aryl methyl sites for hydroxylation is 3. The summed E-state index contributed by atoms with van der Waals surface area (Å²) >= 11 is 0. The average Bonchev–Trinajstić information content (AvgIpc) is 2.63. The van der Waals surface area contributed by atoms with E-state index in [-0.39, 0.29) is 5.82 Å². The molecule has 0 aliphatic heterocycles. The second-order valence-electron chi connectivity index (χ2n) is 6.88. The summed E-state index contributed by atoms with van der Waals surface area (Å²) in [6, 6.07) is 21.9. The minimum Gasteiger partial charge on any atom is -0.206 e. The molecule has 3 aromatic carbocycles.